The number of rotatable bonds is 8. The zero-order valence-electron chi connectivity index (χ0n) is 23.2. The number of aliphatic hydroxyl groups excluding tert-OH is 1. The third-order valence-corrected chi connectivity index (χ3v) is 7.26. The first-order valence-electron chi connectivity index (χ1n) is 13.2. The van der Waals surface area contributed by atoms with Crippen molar-refractivity contribution in [2.24, 2.45) is 0 Å². The lowest BCUT2D eigenvalue weighted by molar-refractivity contribution is -0.137. The number of fused-ring (bicyclic) bond motifs is 1. The molecule has 1 aliphatic rings. The number of nitrogens with one attached hydrogen (secondary N) is 1. The summed E-state index contributed by atoms with van der Waals surface area (Å²) in [7, 11) is 2.94. The van der Waals surface area contributed by atoms with Gasteiger partial charge in [-0.2, -0.15) is 23.0 Å². The summed E-state index contributed by atoms with van der Waals surface area (Å²) in [5, 5.41) is 17.4. The average molecular weight is 586 g/mol. The van der Waals surface area contributed by atoms with E-state index in [0.717, 1.165) is 10.7 Å². The van der Waals surface area contributed by atoms with Gasteiger partial charge in [0, 0.05) is 61.5 Å². The molecule has 5 rings (SSSR count). The lowest BCUT2D eigenvalue weighted by Crippen LogP contribution is -2.35. The first-order valence-corrected chi connectivity index (χ1v) is 13.2. The molecule has 0 aliphatic carbocycles. The van der Waals surface area contributed by atoms with Gasteiger partial charge in [0.1, 0.15) is 22.7 Å². The maximum Gasteiger partial charge on any atom is 0.418 e. The summed E-state index contributed by atoms with van der Waals surface area (Å²) < 4.78 is 56.2. The SMILES string of the molecule is COc1cc(OC)cc(-c2nn(-c3cc(N4CC[C@@H](NC(C)=O)C4)ccc3C(F)(F)F)c(=O)c3c2ccn3CCO)c1. The Balaban J connectivity index is 1.76. The van der Waals surface area contributed by atoms with Crippen LogP contribution in [0.2, 0.25) is 0 Å². The van der Waals surface area contributed by atoms with Crippen molar-refractivity contribution in [3.63, 3.8) is 0 Å². The van der Waals surface area contributed by atoms with E-state index in [1.807, 2.05) is 4.90 Å². The van der Waals surface area contributed by atoms with Gasteiger partial charge < -0.3 is 29.4 Å². The second-order valence-electron chi connectivity index (χ2n) is 9.99. The number of halogens is 3. The van der Waals surface area contributed by atoms with E-state index >= 15 is 0 Å². The van der Waals surface area contributed by atoms with E-state index in [0.29, 0.717) is 47.6 Å². The van der Waals surface area contributed by atoms with Gasteiger partial charge in [-0.05, 0) is 42.8 Å². The largest absolute Gasteiger partial charge is 0.497 e. The molecule has 42 heavy (non-hydrogen) atoms. The van der Waals surface area contributed by atoms with Crippen LogP contribution in [0.3, 0.4) is 0 Å². The summed E-state index contributed by atoms with van der Waals surface area (Å²) in [4.78, 5) is 27.3. The number of carbonyl (C=O) groups is 1. The molecular weight excluding hydrogens is 555 g/mol. The number of aliphatic hydroxyl groups is 1. The molecule has 0 spiro atoms. The van der Waals surface area contributed by atoms with Crippen LogP contribution >= 0.6 is 0 Å². The minimum absolute atomic E-state index is 0.0497. The molecular formula is C29H30F3N5O5. The maximum absolute atomic E-state index is 14.4. The van der Waals surface area contributed by atoms with E-state index in [2.05, 4.69) is 10.4 Å². The second-order valence-corrected chi connectivity index (χ2v) is 9.99. The zero-order chi connectivity index (χ0) is 30.2. The Kier molecular flexibility index (Phi) is 7.87. The van der Waals surface area contributed by atoms with Crippen LogP contribution in [0.5, 0.6) is 11.5 Å². The zero-order valence-corrected chi connectivity index (χ0v) is 23.2. The minimum Gasteiger partial charge on any atom is -0.497 e. The fourth-order valence-electron chi connectivity index (χ4n) is 5.35. The summed E-state index contributed by atoms with van der Waals surface area (Å²) >= 11 is 0. The lowest BCUT2D eigenvalue weighted by Gasteiger charge is -2.22. The normalized spacial score (nSPS) is 15.3. The Bertz CT molecular complexity index is 1680. The number of nitrogens with zero attached hydrogens (tertiary/aromatic N) is 4. The molecule has 1 aliphatic heterocycles. The lowest BCUT2D eigenvalue weighted by atomic mass is 10.1. The van der Waals surface area contributed by atoms with Gasteiger partial charge >= 0.3 is 6.18 Å². The third kappa shape index (κ3) is 5.51. The Morgan fingerprint density at radius 1 is 1.12 bits per heavy atom. The van der Waals surface area contributed by atoms with Crippen molar-refractivity contribution in [3.8, 4) is 28.4 Å². The van der Waals surface area contributed by atoms with Crippen LogP contribution in [0.25, 0.3) is 27.8 Å². The molecule has 13 heteroatoms. The number of anilines is 1. The Morgan fingerprint density at radius 2 is 1.83 bits per heavy atom. The summed E-state index contributed by atoms with van der Waals surface area (Å²) in [5.41, 5.74) is -1.04. The molecule has 0 saturated carbocycles. The van der Waals surface area contributed by atoms with E-state index < -0.39 is 23.0 Å². The highest BCUT2D eigenvalue weighted by Crippen LogP contribution is 2.38. The van der Waals surface area contributed by atoms with Crippen LogP contribution in [0.15, 0.2) is 53.5 Å². The molecule has 1 amide bonds. The van der Waals surface area contributed by atoms with Crippen LogP contribution in [0, 0.1) is 0 Å². The highest BCUT2D eigenvalue weighted by molar-refractivity contribution is 5.93. The molecule has 1 fully saturated rings. The smallest absolute Gasteiger partial charge is 0.418 e. The molecule has 10 nitrogen and oxygen atoms in total. The number of alkyl halides is 3. The molecule has 2 N–H and O–H groups in total. The van der Waals surface area contributed by atoms with Gasteiger partial charge in [0.25, 0.3) is 5.56 Å². The van der Waals surface area contributed by atoms with Crippen molar-refractivity contribution in [1.29, 1.82) is 0 Å². The van der Waals surface area contributed by atoms with Crippen molar-refractivity contribution < 1.29 is 32.5 Å². The molecule has 222 valence electrons. The van der Waals surface area contributed by atoms with Crippen molar-refractivity contribution in [1.82, 2.24) is 19.7 Å². The summed E-state index contributed by atoms with van der Waals surface area (Å²) in [5.74, 6) is 0.659. The van der Waals surface area contributed by atoms with Gasteiger partial charge in [0.05, 0.1) is 32.1 Å². The fourth-order valence-corrected chi connectivity index (χ4v) is 5.35. The average Bonchev–Trinajstić information content (AvgIpc) is 3.60. The van der Waals surface area contributed by atoms with E-state index in [1.165, 1.54) is 37.8 Å². The molecule has 2 aromatic heterocycles. The molecule has 2 aromatic carbocycles. The van der Waals surface area contributed by atoms with Crippen LogP contribution in [-0.2, 0) is 17.5 Å². The molecule has 4 aromatic rings. The monoisotopic (exact) mass is 585 g/mol. The number of aromatic nitrogens is 3. The van der Waals surface area contributed by atoms with Crippen LogP contribution in [0.4, 0.5) is 18.9 Å². The molecule has 0 unspecified atom stereocenters. The minimum atomic E-state index is -4.79. The fraction of sp³-hybridized carbons (Fsp3) is 0.345. The molecule has 1 atom stereocenters. The van der Waals surface area contributed by atoms with Crippen molar-refractivity contribution >= 4 is 22.5 Å². The number of ether oxygens (including phenoxy) is 2. The quantitative estimate of drug-likeness (QED) is 0.325. The van der Waals surface area contributed by atoms with Crippen molar-refractivity contribution in [3.05, 3.63) is 64.6 Å². The predicted molar refractivity (Wildman–Crippen MR) is 150 cm³/mol. The number of hydrogen-bond donors (Lipinski definition) is 2. The van der Waals surface area contributed by atoms with Crippen molar-refractivity contribution in [2.75, 3.05) is 38.8 Å². The van der Waals surface area contributed by atoms with Gasteiger partial charge in [-0.3, -0.25) is 9.59 Å². The van der Waals surface area contributed by atoms with E-state index in [1.54, 1.807) is 30.5 Å². The van der Waals surface area contributed by atoms with E-state index in [9.17, 15) is 27.9 Å². The van der Waals surface area contributed by atoms with Gasteiger partial charge in [-0.15, -0.1) is 0 Å². The first-order chi connectivity index (χ1) is 20.0. The number of amides is 1. The summed E-state index contributed by atoms with van der Waals surface area (Å²) in [6.45, 7) is 2.08. The predicted octanol–water partition coefficient (Wildman–Crippen LogP) is 3.60. The van der Waals surface area contributed by atoms with Gasteiger partial charge in [0.15, 0.2) is 0 Å². The number of hydrogen-bond acceptors (Lipinski definition) is 7. The third-order valence-electron chi connectivity index (χ3n) is 7.26. The topological polar surface area (TPSA) is 111 Å². The first kappa shape index (κ1) is 29.0. The molecule has 0 radical (unpaired) electrons. The Labute approximate surface area is 238 Å². The second kappa shape index (κ2) is 11.4. The highest BCUT2D eigenvalue weighted by Gasteiger charge is 2.36. The maximum atomic E-state index is 14.4. The summed E-state index contributed by atoms with van der Waals surface area (Å²) in [6.07, 6.45) is -2.58. The Hall–Kier alpha value is -4.52. The van der Waals surface area contributed by atoms with Crippen LogP contribution < -0.4 is 25.2 Å². The van der Waals surface area contributed by atoms with E-state index in [4.69, 9.17) is 9.47 Å². The Morgan fingerprint density at radius 3 is 2.45 bits per heavy atom. The highest BCUT2D eigenvalue weighted by atomic mass is 19.4. The van der Waals surface area contributed by atoms with Crippen LogP contribution in [0.1, 0.15) is 18.9 Å². The van der Waals surface area contributed by atoms with Gasteiger partial charge in [-0.25, -0.2) is 0 Å². The number of benzene rings is 2. The van der Waals surface area contributed by atoms with E-state index in [-0.39, 0.29) is 36.3 Å². The number of carbonyl (C=O) groups excluding carboxylic acids is 1. The molecule has 0 bridgehead atoms. The van der Waals surface area contributed by atoms with Gasteiger partial charge in [0.2, 0.25) is 5.91 Å². The van der Waals surface area contributed by atoms with Crippen molar-refractivity contribution in [2.45, 2.75) is 32.1 Å². The standard InChI is InChI=1S/C29H30F3N5O5/c1-17(39)33-19-6-8-36(16-19)20-4-5-24(29(30,31)32)25(14-20)37-28(40)27-23(7-9-35(27)10-11-38)26(34-37)18-12-21(41-2)15-22(13-18)42-3/h4-5,7,9,12-15,19,38H,6,8,10-11,16H2,1-3H3,(H,33,39)/t19-/m1/s1. The number of methoxy groups -OCH3 is 2. The van der Waals surface area contributed by atoms with Gasteiger partial charge in [-0.1, -0.05) is 0 Å². The summed E-state index contributed by atoms with van der Waals surface area (Å²) in [6, 6.07) is 10.0. The van der Waals surface area contributed by atoms with Crippen LogP contribution in [-0.4, -0.2) is 65.3 Å². The molecule has 1 saturated heterocycles. The molecule has 3 heterocycles.